The second-order valence-corrected chi connectivity index (χ2v) is 4.28. The molecule has 68 valence electrons. The van der Waals surface area contributed by atoms with Crippen LogP contribution in [0.2, 0.25) is 0 Å². The van der Waals surface area contributed by atoms with Crippen LogP contribution in [0.25, 0.3) is 0 Å². The summed E-state index contributed by atoms with van der Waals surface area (Å²) in [6, 6.07) is 1.65. The molecule has 1 atom stereocenters. The number of hydrogen-bond donors (Lipinski definition) is 0. The molecule has 12 heavy (non-hydrogen) atoms. The minimum atomic E-state index is 0.771. The van der Waals surface area contributed by atoms with Crippen LogP contribution in [-0.2, 0) is 0 Å². The minimum Gasteiger partial charge on any atom is -0.369 e. The van der Waals surface area contributed by atoms with Crippen LogP contribution in [0.5, 0.6) is 0 Å². The normalized spacial score (nSPS) is 31.3. The molecule has 0 radical (unpaired) electrons. The van der Waals surface area contributed by atoms with E-state index in [4.69, 9.17) is 0 Å². The molecule has 2 rings (SSSR count). The molecule has 0 aromatic carbocycles. The lowest BCUT2D eigenvalue weighted by Crippen LogP contribution is -2.35. The summed E-state index contributed by atoms with van der Waals surface area (Å²) in [5.41, 5.74) is 1.52. The van der Waals surface area contributed by atoms with Gasteiger partial charge in [-0.05, 0) is 33.1 Å². The Balaban J connectivity index is 2.05. The van der Waals surface area contributed by atoms with Crippen molar-refractivity contribution in [1.29, 1.82) is 0 Å². The second-order valence-electron chi connectivity index (χ2n) is 4.28. The molecular weight excluding hydrogens is 146 g/mol. The van der Waals surface area contributed by atoms with Crippen LogP contribution in [0.4, 0.5) is 0 Å². The molecule has 1 heteroatoms. The summed E-state index contributed by atoms with van der Waals surface area (Å²) >= 11 is 0. The van der Waals surface area contributed by atoms with E-state index in [-0.39, 0.29) is 0 Å². The molecule has 0 aromatic rings. The van der Waals surface area contributed by atoms with Crippen LogP contribution < -0.4 is 0 Å². The van der Waals surface area contributed by atoms with Crippen molar-refractivity contribution in [2.45, 2.75) is 58.0 Å². The first-order chi connectivity index (χ1) is 5.79. The average Bonchev–Trinajstić information content (AvgIpc) is 2.61. The molecule has 1 unspecified atom stereocenters. The van der Waals surface area contributed by atoms with Gasteiger partial charge < -0.3 is 4.90 Å². The van der Waals surface area contributed by atoms with Crippen molar-refractivity contribution >= 4 is 0 Å². The number of nitrogens with zero attached hydrogens (tertiary/aromatic N) is 1. The Morgan fingerprint density at radius 2 is 2.00 bits per heavy atom. The fourth-order valence-corrected chi connectivity index (χ4v) is 2.74. The standard InChI is InChI=1S/C11H19N/c1-9-7-8-10(2)12(9)11-5-3-4-6-11/h7,10-11H,3-6,8H2,1-2H3. The highest BCUT2D eigenvalue weighted by atomic mass is 15.2. The Morgan fingerprint density at radius 3 is 2.50 bits per heavy atom. The maximum atomic E-state index is 2.65. The first-order valence-corrected chi connectivity index (χ1v) is 5.24. The molecule has 0 saturated heterocycles. The number of rotatable bonds is 1. The zero-order chi connectivity index (χ0) is 8.55. The molecule has 1 heterocycles. The topological polar surface area (TPSA) is 3.24 Å². The predicted octanol–water partition coefficient (Wildman–Crippen LogP) is 2.93. The Morgan fingerprint density at radius 1 is 1.33 bits per heavy atom. The first-order valence-electron chi connectivity index (χ1n) is 5.24. The highest BCUT2D eigenvalue weighted by Gasteiger charge is 2.28. The summed E-state index contributed by atoms with van der Waals surface area (Å²) < 4.78 is 0. The zero-order valence-electron chi connectivity index (χ0n) is 8.21. The quantitative estimate of drug-likeness (QED) is 0.577. The van der Waals surface area contributed by atoms with Gasteiger partial charge in [-0.3, -0.25) is 0 Å². The van der Waals surface area contributed by atoms with Crippen LogP contribution in [0.1, 0.15) is 46.0 Å². The highest BCUT2D eigenvalue weighted by Crippen LogP contribution is 2.32. The monoisotopic (exact) mass is 165 g/mol. The largest absolute Gasteiger partial charge is 0.369 e. The van der Waals surface area contributed by atoms with Gasteiger partial charge in [-0.2, -0.15) is 0 Å². The summed E-state index contributed by atoms with van der Waals surface area (Å²) in [6.07, 6.45) is 9.40. The SMILES string of the molecule is CC1=CCC(C)N1C1CCCC1. The lowest BCUT2D eigenvalue weighted by Gasteiger charge is -2.32. The van der Waals surface area contributed by atoms with E-state index >= 15 is 0 Å². The van der Waals surface area contributed by atoms with E-state index in [9.17, 15) is 0 Å². The molecule has 1 aliphatic carbocycles. The maximum Gasteiger partial charge on any atom is 0.0296 e. The molecule has 0 N–H and O–H groups in total. The molecule has 0 amide bonds. The van der Waals surface area contributed by atoms with E-state index in [1.807, 2.05) is 0 Å². The Bertz CT molecular complexity index is 189. The van der Waals surface area contributed by atoms with Crippen LogP contribution >= 0.6 is 0 Å². The van der Waals surface area contributed by atoms with Crippen molar-refractivity contribution in [3.8, 4) is 0 Å². The van der Waals surface area contributed by atoms with E-state index in [0.717, 1.165) is 12.1 Å². The van der Waals surface area contributed by atoms with E-state index in [1.54, 1.807) is 0 Å². The van der Waals surface area contributed by atoms with Crippen molar-refractivity contribution < 1.29 is 0 Å². The average molecular weight is 165 g/mol. The van der Waals surface area contributed by atoms with Crippen molar-refractivity contribution in [3.05, 3.63) is 11.8 Å². The van der Waals surface area contributed by atoms with E-state index in [1.165, 1.54) is 37.8 Å². The lowest BCUT2D eigenvalue weighted by molar-refractivity contribution is 0.217. The van der Waals surface area contributed by atoms with Crippen molar-refractivity contribution in [1.82, 2.24) is 4.90 Å². The van der Waals surface area contributed by atoms with Gasteiger partial charge in [0.15, 0.2) is 0 Å². The van der Waals surface area contributed by atoms with Gasteiger partial charge in [0.1, 0.15) is 0 Å². The third kappa shape index (κ3) is 1.26. The van der Waals surface area contributed by atoms with Gasteiger partial charge in [-0.15, -0.1) is 0 Å². The summed E-state index contributed by atoms with van der Waals surface area (Å²) in [5.74, 6) is 0. The van der Waals surface area contributed by atoms with Gasteiger partial charge in [-0.1, -0.05) is 18.9 Å². The zero-order valence-corrected chi connectivity index (χ0v) is 8.21. The fraction of sp³-hybridized carbons (Fsp3) is 0.818. The molecule has 2 aliphatic rings. The fourth-order valence-electron chi connectivity index (χ4n) is 2.74. The second kappa shape index (κ2) is 3.12. The van der Waals surface area contributed by atoms with Gasteiger partial charge in [-0.25, -0.2) is 0 Å². The first kappa shape index (κ1) is 8.15. The van der Waals surface area contributed by atoms with Crippen molar-refractivity contribution in [2.24, 2.45) is 0 Å². The van der Waals surface area contributed by atoms with Gasteiger partial charge in [0.05, 0.1) is 0 Å². The van der Waals surface area contributed by atoms with Crippen LogP contribution in [0, 0.1) is 0 Å². The maximum absolute atomic E-state index is 2.65. The minimum absolute atomic E-state index is 0.771. The van der Waals surface area contributed by atoms with Gasteiger partial charge in [0, 0.05) is 17.8 Å². The van der Waals surface area contributed by atoms with Crippen LogP contribution in [-0.4, -0.2) is 17.0 Å². The van der Waals surface area contributed by atoms with Crippen molar-refractivity contribution in [3.63, 3.8) is 0 Å². The Hall–Kier alpha value is -0.460. The number of hydrogen-bond acceptors (Lipinski definition) is 1. The Labute approximate surface area is 75.4 Å². The molecule has 0 spiro atoms. The molecule has 1 aliphatic heterocycles. The number of allylic oxidation sites excluding steroid dienone is 1. The smallest absolute Gasteiger partial charge is 0.0296 e. The van der Waals surface area contributed by atoms with E-state index in [2.05, 4.69) is 24.8 Å². The van der Waals surface area contributed by atoms with Crippen LogP contribution in [0.15, 0.2) is 11.8 Å². The lowest BCUT2D eigenvalue weighted by atomic mass is 10.1. The summed E-state index contributed by atoms with van der Waals surface area (Å²) in [5, 5.41) is 0. The van der Waals surface area contributed by atoms with Gasteiger partial charge in [0.2, 0.25) is 0 Å². The predicted molar refractivity (Wildman–Crippen MR) is 51.9 cm³/mol. The third-order valence-electron chi connectivity index (χ3n) is 3.35. The molecule has 0 bridgehead atoms. The summed E-state index contributed by atoms with van der Waals surface area (Å²) in [6.45, 7) is 4.62. The van der Waals surface area contributed by atoms with E-state index < -0.39 is 0 Å². The molecule has 1 saturated carbocycles. The molecule has 1 fully saturated rings. The van der Waals surface area contributed by atoms with Gasteiger partial charge >= 0.3 is 0 Å². The molecular formula is C11H19N. The molecule has 0 aromatic heterocycles. The van der Waals surface area contributed by atoms with Crippen LogP contribution in [0.3, 0.4) is 0 Å². The Kier molecular flexibility index (Phi) is 2.12. The summed E-state index contributed by atoms with van der Waals surface area (Å²) in [7, 11) is 0. The summed E-state index contributed by atoms with van der Waals surface area (Å²) in [4.78, 5) is 2.65. The third-order valence-corrected chi connectivity index (χ3v) is 3.35. The highest BCUT2D eigenvalue weighted by molar-refractivity contribution is 5.10. The molecule has 1 nitrogen and oxygen atoms in total. The van der Waals surface area contributed by atoms with Gasteiger partial charge in [0.25, 0.3) is 0 Å². The van der Waals surface area contributed by atoms with Crippen molar-refractivity contribution in [2.75, 3.05) is 0 Å². The van der Waals surface area contributed by atoms with E-state index in [0.29, 0.717) is 0 Å².